The molecular weight excluding hydrogens is 390 g/mol. The molecule has 7 heteroatoms. The molecule has 3 atom stereocenters. The second-order valence-corrected chi connectivity index (χ2v) is 7.96. The van der Waals surface area contributed by atoms with E-state index in [2.05, 4.69) is 28.4 Å². The summed E-state index contributed by atoms with van der Waals surface area (Å²) in [5.41, 5.74) is 2.86. The van der Waals surface area contributed by atoms with Crippen LogP contribution in [0.15, 0.2) is 42.5 Å². The molecular formula is C22H22ClN3O3. The fourth-order valence-electron chi connectivity index (χ4n) is 4.40. The molecule has 0 saturated carbocycles. The molecule has 2 aliphatic rings. The van der Waals surface area contributed by atoms with Crippen LogP contribution >= 0.6 is 11.6 Å². The molecule has 4 rings (SSSR count). The van der Waals surface area contributed by atoms with Crippen LogP contribution in [-0.2, 0) is 6.42 Å². The fraction of sp³-hybridized carbons (Fsp3) is 0.364. The second kappa shape index (κ2) is 8.32. The maximum Gasteiger partial charge on any atom is 0.404 e. The molecule has 150 valence electrons. The van der Waals surface area contributed by atoms with E-state index in [9.17, 15) is 4.79 Å². The number of nitriles is 1. The van der Waals surface area contributed by atoms with Crippen molar-refractivity contribution in [1.82, 2.24) is 10.2 Å². The second-order valence-electron chi connectivity index (χ2n) is 7.55. The van der Waals surface area contributed by atoms with Gasteiger partial charge in [0.25, 0.3) is 0 Å². The number of likely N-dealkylation sites (tertiary alicyclic amines) is 1. The highest BCUT2D eigenvalue weighted by Crippen LogP contribution is 2.40. The molecule has 1 saturated heterocycles. The Kier molecular flexibility index (Phi) is 5.61. The number of nitrogens with zero attached hydrogens (tertiary/aromatic N) is 2. The SMILES string of the molecule is N#Cc1ccc(O[C@H]2c3ccccc3C[C@H]2N2CCC[C@@H](NC(=O)O)C2)c(Cl)c1. The van der Waals surface area contributed by atoms with E-state index in [-0.39, 0.29) is 18.2 Å². The molecule has 6 nitrogen and oxygen atoms in total. The number of carbonyl (C=O) groups is 1. The Morgan fingerprint density at radius 3 is 2.90 bits per heavy atom. The molecule has 29 heavy (non-hydrogen) atoms. The lowest BCUT2D eigenvalue weighted by atomic mass is 10.0. The van der Waals surface area contributed by atoms with E-state index in [1.165, 1.54) is 5.56 Å². The van der Waals surface area contributed by atoms with E-state index in [1.54, 1.807) is 18.2 Å². The number of benzene rings is 2. The van der Waals surface area contributed by atoms with Crippen molar-refractivity contribution in [2.45, 2.75) is 37.5 Å². The van der Waals surface area contributed by atoms with Crippen molar-refractivity contribution in [3.05, 3.63) is 64.2 Å². The monoisotopic (exact) mass is 411 g/mol. The quantitative estimate of drug-likeness (QED) is 0.794. The van der Waals surface area contributed by atoms with Gasteiger partial charge in [-0.15, -0.1) is 0 Å². The van der Waals surface area contributed by atoms with Gasteiger partial charge >= 0.3 is 6.09 Å². The Morgan fingerprint density at radius 1 is 1.31 bits per heavy atom. The fourth-order valence-corrected chi connectivity index (χ4v) is 4.63. The summed E-state index contributed by atoms with van der Waals surface area (Å²) in [4.78, 5) is 13.4. The van der Waals surface area contributed by atoms with Crippen LogP contribution in [0.1, 0.15) is 35.6 Å². The van der Waals surface area contributed by atoms with Gasteiger partial charge in [-0.2, -0.15) is 5.26 Å². The summed E-state index contributed by atoms with van der Waals surface area (Å²) in [5.74, 6) is 0.551. The van der Waals surface area contributed by atoms with E-state index < -0.39 is 6.09 Å². The predicted octanol–water partition coefficient (Wildman–Crippen LogP) is 3.99. The van der Waals surface area contributed by atoms with Crippen LogP contribution in [0.5, 0.6) is 5.75 Å². The number of hydrogen-bond acceptors (Lipinski definition) is 4. The van der Waals surface area contributed by atoms with Crippen LogP contribution in [0.3, 0.4) is 0 Å². The molecule has 0 spiro atoms. The molecule has 0 bridgehead atoms. The van der Waals surface area contributed by atoms with Crippen LogP contribution < -0.4 is 10.1 Å². The van der Waals surface area contributed by atoms with Crippen LogP contribution in [0, 0.1) is 11.3 Å². The summed E-state index contributed by atoms with van der Waals surface area (Å²) >= 11 is 6.36. The number of carboxylic acid groups (broad SMARTS) is 1. The molecule has 0 aromatic heterocycles. The first kappa shape index (κ1) is 19.6. The number of piperidine rings is 1. The number of hydrogen-bond donors (Lipinski definition) is 2. The molecule has 1 fully saturated rings. The molecule has 0 unspecified atom stereocenters. The van der Waals surface area contributed by atoms with Crippen molar-refractivity contribution in [3.8, 4) is 11.8 Å². The van der Waals surface area contributed by atoms with Gasteiger partial charge in [0.2, 0.25) is 0 Å². The highest BCUT2D eigenvalue weighted by atomic mass is 35.5. The van der Waals surface area contributed by atoms with Gasteiger partial charge in [0.15, 0.2) is 0 Å². The molecule has 1 aliphatic heterocycles. The molecule has 2 aromatic carbocycles. The van der Waals surface area contributed by atoms with E-state index in [1.807, 2.05) is 12.1 Å². The molecule has 1 heterocycles. The van der Waals surface area contributed by atoms with Gasteiger partial charge in [0.05, 0.1) is 22.7 Å². The van der Waals surface area contributed by atoms with Crippen molar-refractivity contribution >= 4 is 17.7 Å². The summed E-state index contributed by atoms with van der Waals surface area (Å²) < 4.78 is 6.39. The lowest BCUT2D eigenvalue weighted by Crippen LogP contribution is -2.52. The Morgan fingerprint density at radius 2 is 2.14 bits per heavy atom. The van der Waals surface area contributed by atoms with Crippen molar-refractivity contribution in [1.29, 1.82) is 5.26 Å². The van der Waals surface area contributed by atoms with Gasteiger partial charge in [0.1, 0.15) is 11.9 Å². The van der Waals surface area contributed by atoms with Gasteiger partial charge in [0, 0.05) is 12.6 Å². The smallest absolute Gasteiger partial charge is 0.404 e. The average molecular weight is 412 g/mol. The Labute approximate surface area is 174 Å². The summed E-state index contributed by atoms with van der Waals surface area (Å²) in [6, 6.07) is 15.4. The zero-order valence-corrected chi connectivity index (χ0v) is 16.6. The van der Waals surface area contributed by atoms with E-state index in [0.717, 1.165) is 31.4 Å². The summed E-state index contributed by atoms with van der Waals surface area (Å²) in [6.45, 7) is 1.56. The summed E-state index contributed by atoms with van der Waals surface area (Å²) in [6.07, 6.45) is 1.43. The molecule has 1 amide bonds. The third-order valence-electron chi connectivity index (χ3n) is 5.70. The maximum atomic E-state index is 11.1. The molecule has 0 radical (unpaired) electrons. The predicted molar refractivity (Wildman–Crippen MR) is 109 cm³/mol. The van der Waals surface area contributed by atoms with E-state index >= 15 is 0 Å². The number of nitrogens with one attached hydrogen (secondary N) is 1. The Hall–Kier alpha value is -2.75. The average Bonchev–Trinajstić information content (AvgIpc) is 3.08. The third-order valence-corrected chi connectivity index (χ3v) is 6.00. The normalized spacial score (nSPS) is 23.8. The summed E-state index contributed by atoms with van der Waals surface area (Å²) in [5, 5.41) is 21.2. The van der Waals surface area contributed by atoms with Crippen molar-refractivity contribution in [3.63, 3.8) is 0 Å². The third kappa shape index (κ3) is 4.16. The van der Waals surface area contributed by atoms with Crippen molar-refractivity contribution in [2.24, 2.45) is 0 Å². The van der Waals surface area contributed by atoms with Crippen molar-refractivity contribution < 1.29 is 14.6 Å². The first-order valence-electron chi connectivity index (χ1n) is 9.73. The molecule has 2 N–H and O–H groups in total. The van der Waals surface area contributed by atoms with E-state index in [4.69, 9.17) is 26.7 Å². The van der Waals surface area contributed by atoms with Crippen LogP contribution in [0.25, 0.3) is 0 Å². The van der Waals surface area contributed by atoms with Crippen LogP contribution in [0.2, 0.25) is 5.02 Å². The first-order chi connectivity index (χ1) is 14.0. The van der Waals surface area contributed by atoms with E-state index in [0.29, 0.717) is 22.9 Å². The first-order valence-corrected chi connectivity index (χ1v) is 10.1. The zero-order chi connectivity index (χ0) is 20.4. The Balaban J connectivity index is 1.60. The van der Waals surface area contributed by atoms with Crippen molar-refractivity contribution in [2.75, 3.05) is 13.1 Å². The van der Waals surface area contributed by atoms with Gasteiger partial charge in [-0.3, -0.25) is 4.90 Å². The number of rotatable bonds is 4. The standard InChI is InChI=1S/C22H22ClN3O3/c23-18-10-14(12-24)7-8-20(18)29-21-17-6-2-1-4-15(17)11-19(21)26-9-3-5-16(13-26)25-22(27)28/h1-2,4,6-8,10,16,19,21,25H,3,5,9,11,13H2,(H,27,28)/t16-,19-,21+/m1/s1. The van der Waals surface area contributed by atoms with Gasteiger partial charge in [-0.25, -0.2) is 4.79 Å². The topological polar surface area (TPSA) is 85.6 Å². The van der Waals surface area contributed by atoms with Gasteiger partial charge in [-0.1, -0.05) is 35.9 Å². The van der Waals surface area contributed by atoms with Crippen LogP contribution in [0.4, 0.5) is 4.79 Å². The summed E-state index contributed by atoms with van der Waals surface area (Å²) in [7, 11) is 0. The number of amides is 1. The maximum absolute atomic E-state index is 11.1. The zero-order valence-electron chi connectivity index (χ0n) is 15.8. The van der Waals surface area contributed by atoms with Crippen LogP contribution in [-0.4, -0.2) is 41.3 Å². The van der Waals surface area contributed by atoms with Gasteiger partial charge in [-0.05, 0) is 55.1 Å². The molecule has 2 aromatic rings. The Bertz CT molecular complexity index is 959. The minimum absolute atomic E-state index is 0.0795. The minimum atomic E-state index is -0.983. The van der Waals surface area contributed by atoms with Gasteiger partial charge < -0.3 is 15.2 Å². The highest BCUT2D eigenvalue weighted by Gasteiger charge is 2.40. The lowest BCUT2D eigenvalue weighted by Gasteiger charge is -2.39. The molecule has 1 aliphatic carbocycles. The lowest BCUT2D eigenvalue weighted by molar-refractivity contribution is 0.0546. The highest BCUT2D eigenvalue weighted by molar-refractivity contribution is 6.32. The number of halogens is 1. The number of fused-ring (bicyclic) bond motifs is 1. The minimum Gasteiger partial charge on any atom is -0.482 e. The number of ether oxygens (including phenoxy) is 1. The largest absolute Gasteiger partial charge is 0.482 e.